The molecule has 0 unspecified atom stereocenters. The molecule has 0 N–H and O–H groups in total. The maximum atomic E-state index is 6.08. The molecule has 1 aliphatic rings. The molecule has 0 spiro atoms. The number of halogens is 3. The molecule has 0 aliphatic carbocycles. The quantitative estimate of drug-likeness (QED) is 0.521. The van der Waals surface area contributed by atoms with E-state index in [0.29, 0.717) is 5.76 Å². The monoisotopic (exact) mass is 260 g/mol. The van der Waals surface area contributed by atoms with Crippen LogP contribution in [0.4, 0.5) is 0 Å². The molecule has 0 saturated carbocycles. The SMILES string of the molecule is CC1=C(C)C(C)=C(C)P(Cl)(Cl)(Cl)O1. The van der Waals surface area contributed by atoms with E-state index in [4.69, 9.17) is 38.2 Å². The molecular formula is C8H12Cl3OP. The van der Waals surface area contributed by atoms with Crippen LogP contribution in [0.3, 0.4) is 0 Å². The Labute approximate surface area is 93.1 Å². The second kappa shape index (κ2) is 3.03. The zero-order valence-corrected chi connectivity index (χ0v) is 11.2. The van der Waals surface area contributed by atoms with Gasteiger partial charge in [0.15, 0.2) is 0 Å². The topological polar surface area (TPSA) is 9.23 Å². The van der Waals surface area contributed by atoms with Crippen LogP contribution in [0, 0.1) is 0 Å². The van der Waals surface area contributed by atoms with Crippen LogP contribution < -0.4 is 0 Å². The summed E-state index contributed by atoms with van der Waals surface area (Å²) in [6.45, 7) is 7.55. The first-order chi connectivity index (χ1) is 5.63. The third-order valence-corrected chi connectivity index (χ3v) is 7.28. The van der Waals surface area contributed by atoms with Crippen molar-refractivity contribution in [2.75, 3.05) is 0 Å². The van der Waals surface area contributed by atoms with Gasteiger partial charge < -0.3 is 0 Å². The van der Waals surface area contributed by atoms with Crippen LogP contribution >= 0.6 is 38.6 Å². The summed E-state index contributed by atoms with van der Waals surface area (Å²) >= 11 is 18.2. The van der Waals surface area contributed by atoms with E-state index < -0.39 is 4.89 Å². The molecule has 13 heavy (non-hydrogen) atoms. The minimum absolute atomic E-state index is 0.709. The maximum absolute atomic E-state index is 6.08. The van der Waals surface area contributed by atoms with Crippen LogP contribution in [0.15, 0.2) is 22.2 Å². The molecule has 1 rings (SSSR count). The zero-order chi connectivity index (χ0) is 10.5. The van der Waals surface area contributed by atoms with Gasteiger partial charge in [-0.25, -0.2) is 0 Å². The van der Waals surface area contributed by atoms with E-state index in [9.17, 15) is 0 Å². The van der Waals surface area contributed by atoms with Gasteiger partial charge in [-0.3, -0.25) is 0 Å². The van der Waals surface area contributed by atoms with Crippen molar-refractivity contribution in [1.82, 2.24) is 0 Å². The molecule has 1 heterocycles. The molecule has 0 aromatic heterocycles. The fourth-order valence-electron chi connectivity index (χ4n) is 1.15. The van der Waals surface area contributed by atoms with Gasteiger partial charge in [0, 0.05) is 0 Å². The third-order valence-electron chi connectivity index (χ3n) is 2.44. The summed E-state index contributed by atoms with van der Waals surface area (Å²) in [4.78, 5) is -3.59. The minimum atomic E-state index is -3.59. The van der Waals surface area contributed by atoms with Gasteiger partial charge in [0.25, 0.3) is 0 Å². The Kier molecular flexibility index (Phi) is 2.72. The van der Waals surface area contributed by atoms with Crippen molar-refractivity contribution in [2.45, 2.75) is 27.7 Å². The Hall–Kier alpha value is 0.580. The summed E-state index contributed by atoms with van der Waals surface area (Å²) in [5, 5.41) is 0.749. The predicted octanol–water partition coefficient (Wildman–Crippen LogP) is 5.53. The Morgan fingerprint density at radius 3 is 1.85 bits per heavy atom. The van der Waals surface area contributed by atoms with E-state index in [2.05, 4.69) is 0 Å². The first-order valence-electron chi connectivity index (χ1n) is 3.87. The molecule has 0 bridgehead atoms. The van der Waals surface area contributed by atoms with Crippen LogP contribution in [0.25, 0.3) is 0 Å². The van der Waals surface area contributed by atoms with Crippen LogP contribution in [0.2, 0.25) is 0 Å². The van der Waals surface area contributed by atoms with Gasteiger partial charge in [-0.2, -0.15) is 0 Å². The molecule has 1 aliphatic heterocycles. The van der Waals surface area contributed by atoms with Crippen molar-refractivity contribution in [3.05, 3.63) is 22.2 Å². The van der Waals surface area contributed by atoms with E-state index >= 15 is 0 Å². The van der Waals surface area contributed by atoms with Crippen molar-refractivity contribution in [3.63, 3.8) is 0 Å². The molecule has 0 atom stereocenters. The second-order valence-corrected chi connectivity index (χ2v) is 12.9. The fourth-order valence-corrected chi connectivity index (χ4v) is 4.63. The van der Waals surface area contributed by atoms with Crippen LogP contribution in [-0.4, -0.2) is 0 Å². The Morgan fingerprint density at radius 2 is 1.38 bits per heavy atom. The van der Waals surface area contributed by atoms with E-state index in [-0.39, 0.29) is 0 Å². The van der Waals surface area contributed by atoms with E-state index in [0.717, 1.165) is 16.5 Å². The molecule has 0 saturated heterocycles. The number of allylic oxidation sites excluding steroid dienone is 4. The second-order valence-electron chi connectivity index (χ2n) is 3.23. The van der Waals surface area contributed by atoms with Crippen LogP contribution in [0.5, 0.6) is 0 Å². The molecule has 0 aromatic rings. The van der Waals surface area contributed by atoms with E-state index in [1.165, 1.54) is 0 Å². The Bertz CT molecular complexity index is 322. The summed E-state index contributed by atoms with van der Waals surface area (Å²) in [5.41, 5.74) is 2.08. The third kappa shape index (κ3) is 1.99. The van der Waals surface area contributed by atoms with Gasteiger partial charge in [-0.05, 0) is 0 Å². The van der Waals surface area contributed by atoms with Gasteiger partial charge in [0.2, 0.25) is 0 Å². The summed E-state index contributed by atoms with van der Waals surface area (Å²) < 4.78 is 5.40. The van der Waals surface area contributed by atoms with Gasteiger partial charge in [-0.1, -0.05) is 0 Å². The molecular weight excluding hydrogens is 249 g/mol. The standard InChI is InChI=1S/C8H12Cl3OP/c1-5-6(2)8(4)13(9,10,11)12-7(5)3/h1-4H3. The Morgan fingerprint density at radius 1 is 0.923 bits per heavy atom. The summed E-state index contributed by atoms with van der Waals surface area (Å²) in [5.74, 6) is 0.709. The molecule has 0 amide bonds. The molecule has 0 radical (unpaired) electrons. The Balaban J connectivity index is 3.37. The average molecular weight is 262 g/mol. The molecule has 0 fully saturated rings. The number of rotatable bonds is 0. The van der Waals surface area contributed by atoms with Crippen molar-refractivity contribution in [1.29, 1.82) is 0 Å². The van der Waals surface area contributed by atoms with Crippen molar-refractivity contribution < 1.29 is 4.52 Å². The van der Waals surface area contributed by atoms with Gasteiger partial charge >= 0.3 is 93.0 Å². The van der Waals surface area contributed by atoms with Gasteiger partial charge in [0.05, 0.1) is 0 Å². The average Bonchev–Trinajstić information content (AvgIpc) is 1.96. The molecule has 5 heteroatoms. The molecule has 1 nitrogen and oxygen atoms in total. The number of hydrogen-bond donors (Lipinski definition) is 0. The molecule has 76 valence electrons. The first kappa shape index (κ1) is 11.7. The van der Waals surface area contributed by atoms with Crippen LogP contribution in [0.1, 0.15) is 27.7 Å². The summed E-state index contributed by atoms with van der Waals surface area (Å²) in [6.07, 6.45) is 0. The van der Waals surface area contributed by atoms with Crippen molar-refractivity contribution in [3.8, 4) is 0 Å². The van der Waals surface area contributed by atoms with Gasteiger partial charge in [0.1, 0.15) is 0 Å². The van der Waals surface area contributed by atoms with E-state index in [1.54, 1.807) is 0 Å². The van der Waals surface area contributed by atoms with Gasteiger partial charge in [-0.15, -0.1) is 0 Å². The first-order valence-corrected chi connectivity index (χ1v) is 8.74. The van der Waals surface area contributed by atoms with Crippen LogP contribution in [-0.2, 0) is 4.52 Å². The van der Waals surface area contributed by atoms with Crippen molar-refractivity contribution in [2.24, 2.45) is 0 Å². The molecule has 0 aromatic carbocycles. The normalized spacial score (nSPS) is 29.3. The number of hydrogen-bond acceptors (Lipinski definition) is 1. The van der Waals surface area contributed by atoms with Crippen molar-refractivity contribution >= 4 is 38.6 Å². The fraction of sp³-hybridized carbons (Fsp3) is 0.500. The van der Waals surface area contributed by atoms with E-state index in [1.807, 2.05) is 27.7 Å². The summed E-state index contributed by atoms with van der Waals surface area (Å²) in [6, 6.07) is 0. The predicted molar refractivity (Wildman–Crippen MR) is 62.3 cm³/mol. The zero-order valence-electron chi connectivity index (χ0n) is 7.99. The summed E-state index contributed by atoms with van der Waals surface area (Å²) in [7, 11) is 0.